The van der Waals surface area contributed by atoms with Crippen LogP contribution in [-0.2, 0) is 9.53 Å². The first kappa shape index (κ1) is 41.0. The van der Waals surface area contributed by atoms with Gasteiger partial charge in [-0.15, -0.1) is 0 Å². The van der Waals surface area contributed by atoms with Crippen molar-refractivity contribution in [2.45, 2.75) is 234 Å². The van der Waals surface area contributed by atoms with Gasteiger partial charge in [0.1, 0.15) is 6.10 Å². The molecule has 0 heterocycles. The fraction of sp³-hybridized carbons (Fsp3) is 0.936. The molecular formula is C47H84O2. The Kier molecular flexibility index (Phi) is 17.6. The van der Waals surface area contributed by atoms with E-state index in [0.29, 0.717) is 17.3 Å². The van der Waals surface area contributed by atoms with E-state index < -0.39 is 0 Å². The van der Waals surface area contributed by atoms with Crippen LogP contribution in [-0.4, -0.2) is 12.1 Å². The third kappa shape index (κ3) is 11.9. The maximum absolute atomic E-state index is 12.8. The Labute approximate surface area is 306 Å². The van der Waals surface area contributed by atoms with Crippen LogP contribution in [0.25, 0.3) is 0 Å². The van der Waals surface area contributed by atoms with E-state index in [9.17, 15) is 4.79 Å². The van der Waals surface area contributed by atoms with Gasteiger partial charge < -0.3 is 4.74 Å². The number of carbonyl (C=O) groups is 1. The second kappa shape index (κ2) is 21.0. The van der Waals surface area contributed by atoms with Crippen LogP contribution >= 0.6 is 0 Å². The summed E-state index contributed by atoms with van der Waals surface area (Å²) in [5.74, 6) is 5.34. The number of hydrogen-bond donors (Lipinski definition) is 0. The Morgan fingerprint density at radius 3 is 1.90 bits per heavy atom. The minimum atomic E-state index is 0.0665. The molecule has 4 rings (SSSR count). The van der Waals surface area contributed by atoms with Crippen LogP contribution < -0.4 is 0 Å². The minimum Gasteiger partial charge on any atom is -0.462 e. The maximum Gasteiger partial charge on any atom is 0.306 e. The van der Waals surface area contributed by atoms with Crippen molar-refractivity contribution >= 4 is 5.97 Å². The van der Waals surface area contributed by atoms with Crippen molar-refractivity contribution in [3.63, 3.8) is 0 Å². The van der Waals surface area contributed by atoms with Crippen LogP contribution in [0.5, 0.6) is 0 Å². The van der Waals surface area contributed by atoms with Gasteiger partial charge in [-0.3, -0.25) is 4.79 Å². The van der Waals surface area contributed by atoms with E-state index in [2.05, 4.69) is 47.6 Å². The molecule has 284 valence electrons. The van der Waals surface area contributed by atoms with Crippen molar-refractivity contribution in [1.82, 2.24) is 0 Å². The van der Waals surface area contributed by atoms with E-state index >= 15 is 0 Å². The first-order chi connectivity index (χ1) is 23.7. The smallest absolute Gasteiger partial charge is 0.306 e. The molecule has 0 spiro atoms. The van der Waals surface area contributed by atoms with E-state index in [0.717, 1.165) is 54.8 Å². The van der Waals surface area contributed by atoms with Crippen molar-refractivity contribution in [3.8, 4) is 0 Å². The molecule has 3 saturated carbocycles. The van der Waals surface area contributed by atoms with Crippen molar-refractivity contribution in [3.05, 3.63) is 11.6 Å². The molecule has 4 unspecified atom stereocenters. The summed E-state index contributed by atoms with van der Waals surface area (Å²) < 4.78 is 6.14. The summed E-state index contributed by atoms with van der Waals surface area (Å²) in [6.45, 7) is 15.0. The largest absolute Gasteiger partial charge is 0.462 e. The summed E-state index contributed by atoms with van der Waals surface area (Å²) in [5.41, 5.74) is 2.54. The van der Waals surface area contributed by atoms with Gasteiger partial charge >= 0.3 is 5.97 Å². The van der Waals surface area contributed by atoms with Gasteiger partial charge in [0.25, 0.3) is 0 Å². The fourth-order valence-corrected chi connectivity index (χ4v) is 12.0. The van der Waals surface area contributed by atoms with Gasteiger partial charge in [-0.25, -0.2) is 0 Å². The van der Waals surface area contributed by atoms with Gasteiger partial charge in [0.2, 0.25) is 0 Å². The number of fused-ring (bicyclic) bond motifs is 5. The zero-order valence-corrected chi connectivity index (χ0v) is 33.9. The standard InChI is InChI=1S/C47H84O2/c1-7-8-9-10-11-12-13-14-15-16-17-18-19-20-21-22-23-27-45(48)49-40-32-34-46(5)39(36-40)28-29-41-43-31-30-42(38(4)26-24-25-37(2)3)47(43,6)35-33-44(41)46/h28,37-38,40-44H,7-27,29-36H2,1-6H3/t38-,40+,41?,42?,43?,44?,46+,47-/m1/s1. The van der Waals surface area contributed by atoms with Gasteiger partial charge in [-0.2, -0.15) is 0 Å². The lowest BCUT2D eigenvalue weighted by Gasteiger charge is -2.58. The van der Waals surface area contributed by atoms with Crippen LogP contribution in [0.1, 0.15) is 228 Å². The highest BCUT2D eigenvalue weighted by Gasteiger charge is 2.59. The highest BCUT2D eigenvalue weighted by molar-refractivity contribution is 5.69. The quantitative estimate of drug-likeness (QED) is 0.0576. The van der Waals surface area contributed by atoms with E-state index in [1.807, 2.05) is 0 Å². The van der Waals surface area contributed by atoms with Crippen LogP contribution in [0, 0.1) is 46.3 Å². The average molecular weight is 681 g/mol. The molecule has 0 aromatic heterocycles. The molecule has 0 amide bonds. The van der Waals surface area contributed by atoms with Crippen molar-refractivity contribution < 1.29 is 9.53 Å². The molecule has 0 aromatic carbocycles. The molecule has 0 aromatic rings. The molecule has 0 N–H and O–H groups in total. The third-order valence-corrected chi connectivity index (χ3v) is 15.0. The van der Waals surface area contributed by atoms with Crippen LogP contribution in [0.2, 0.25) is 0 Å². The Morgan fingerprint density at radius 2 is 1.31 bits per heavy atom. The molecule has 3 fully saturated rings. The number of carbonyl (C=O) groups excluding carboxylic acids is 1. The summed E-state index contributed by atoms with van der Waals surface area (Å²) in [5, 5.41) is 0. The van der Waals surface area contributed by atoms with Crippen molar-refractivity contribution in [1.29, 1.82) is 0 Å². The van der Waals surface area contributed by atoms with Gasteiger partial charge in [0, 0.05) is 12.8 Å². The maximum atomic E-state index is 12.8. The first-order valence-electron chi connectivity index (χ1n) is 22.6. The number of unbranched alkanes of at least 4 members (excludes halogenated alkanes) is 16. The van der Waals surface area contributed by atoms with Crippen LogP contribution in [0.15, 0.2) is 11.6 Å². The highest BCUT2D eigenvalue weighted by atomic mass is 16.5. The van der Waals surface area contributed by atoms with E-state index in [1.165, 1.54) is 161 Å². The Balaban J connectivity index is 1.07. The summed E-state index contributed by atoms with van der Waals surface area (Å²) in [6.07, 6.45) is 41.3. The monoisotopic (exact) mass is 681 g/mol. The van der Waals surface area contributed by atoms with Crippen LogP contribution in [0.3, 0.4) is 0 Å². The zero-order chi connectivity index (χ0) is 35.1. The summed E-state index contributed by atoms with van der Waals surface area (Å²) in [4.78, 5) is 12.8. The fourth-order valence-electron chi connectivity index (χ4n) is 12.0. The number of esters is 1. The van der Waals surface area contributed by atoms with E-state index in [-0.39, 0.29) is 12.1 Å². The summed E-state index contributed by atoms with van der Waals surface area (Å²) >= 11 is 0. The lowest BCUT2D eigenvalue weighted by atomic mass is 9.47. The molecule has 49 heavy (non-hydrogen) atoms. The predicted octanol–water partition coefficient (Wildman–Crippen LogP) is 15.0. The highest BCUT2D eigenvalue weighted by Crippen LogP contribution is 2.67. The van der Waals surface area contributed by atoms with Gasteiger partial charge in [-0.1, -0.05) is 175 Å². The lowest BCUT2D eigenvalue weighted by Crippen LogP contribution is -2.51. The van der Waals surface area contributed by atoms with E-state index in [1.54, 1.807) is 5.57 Å². The normalized spacial score (nSPS) is 31.6. The second-order valence-corrected chi connectivity index (χ2v) is 19.1. The molecular weight excluding hydrogens is 597 g/mol. The van der Waals surface area contributed by atoms with Crippen molar-refractivity contribution in [2.75, 3.05) is 0 Å². The number of rotatable bonds is 24. The molecule has 4 aliphatic carbocycles. The van der Waals surface area contributed by atoms with Gasteiger partial charge in [0.15, 0.2) is 0 Å². The molecule has 0 radical (unpaired) electrons. The topological polar surface area (TPSA) is 26.3 Å². The summed E-state index contributed by atoms with van der Waals surface area (Å²) in [7, 11) is 0. The van der Waals surface area contributed by atoms with Crippen LogP contribution in [0.4, 0.5) is 0 Å². The first-order valence-corrected chi connectivity index (χ1v) is 22.6. The SMILES string of the molecule is CCCCCCCCCCCCCCCCCCCC(=O)O[C@H]1CC[C@@]2(C)C(=CCC3C4CCC([C@H](C)CCCC(C)C)[C@@]4(C)CCC32)C1. The van der Waals surface area contributed by atoms with Gasteiger partial charge in [-0.05, 0) is 97.7 Å². The second-order valence-electron chi connectivity index (χ2n) is 19.1. The Bertz CT molecular complexity index is 965. The molecule has 2 nitrogen and oxygen atoms in total. The molecule has 0 bridgehead atoms. The van der Waals surface area contributed by atoms with Gasteiger partial charge in [0.05, 0.1) is 0 Å². The number of allylic oxidation sites excluding steroid dienone is 1. The average Bonchev–Trinajstić information content (AvgIpc) is 3.43. The number of ether oxygens (including phenoxy) is 1. The third-order valence-electron chi connectivity index (χ3n) is 15.0. The molecule has 4 aliphatic rings. The van der Waals surface area contributed by atoms with E-state index in [4.69, 9.17) is 4.74 Å². The predicted molar refractivity (Wildman–Crippen MR) is 212 cm³/mol. The Hall–Kier alpha value is -0.790. The van der Waals surface area contributed by atoms with Crippen molar-refractivity contribution in [2.24, 2.45) is 46.3 Å². The number of hydrogen-bond acceptors (Lipinski definition) is 2. The lowest BCUT2D eigenvalue weighted by molar-refractivity contribution is -0.151. The summed E-state index contributed by atoms with van der Waals surface area (Å²) in [6, 6.07) is 0. The Morgan fingerprint density at radius 1 is 0.714 bits per heavy atom. The minimum absolute atomic E-state index is 0.0665. The molecule has 0 aliphatic heterocycles. The molecule has 2 heteroatoms. The molecule has 0 saturated heterocycles. The zero-order valence-electron chi connectivity index (χ0n) is 33.9. The molecule has 8 atom stereocenters.